The Balaban J connectivity index is 2.68. The largest absolute Gasteiger partial charge is 0.487 e. The van der Waals surface area contributed by atoms with E-state index >= 15 is 0 Å². The van der Waals surface area contributed by atoms with Crippen molar-refractivity contribution in [3.63, 3.8) is 0 Å². The van der Waals surface area contributed by atoms with Crippen LogP contribution in [0.1, 0.15) is 20.3 Å². The molecule has 1 aromatic heterocycles. The zero-order valence-corrected chi connectivity index (χ0v) is 9.24. The van der Waals surface area contributed by atoms with E-state index in [1.54, 1.807) is 0 Å². The Hall–Kier alpha value is -1.52. The first-order chi connectivity index (χ1) is 7.15. The van der Waals surface area contributed by atoms with E-state index in [9.17, 15) is 4.79 Å². The lowest BCUT2D eigenvalue weighted by molar-refractivity contribution is 0.260. The maximum Gasteiger partial charge on any atom is 0.297 e. The van der Waals surface area contributed by atoms with Gasteiger partial charge in [-0.1, -0.05) is 13.8 Å². The van der Waals surface area contributed by atoms with Crippen LogP contribution in [0.15, 0.2) is 11.1 Å². The van der Waals surface area contributed by atoms with Gasteiger partial charge in [0.25, 0.3) is 11.4 Å². The first-order valence-electron chi connectivity index (χ1n) is 4.89. The number of H-pyrrole nitrogens is 1. The summed E-state index contributed by atoms with van der Waals surface area (Å²) in [5.74, 6) is 0.932. The van der Waals surface area contributed by atoms with E-state index < -0.39 is 0 Å². The zero-order chi connectivity index (χ0) is 11.3. The van der Waals surface area contributed by atoms with E-state index in [-0.39, 0.29) is 17.2 Å². The van der Waals surface area contributed by atoms with Crippen LogP contribution < -0.4 is 15.0 Å². The van der Waals surface area contributed by atoms with Crippen molar-refractivity contribution in [1.29, 1.82) is 0 Å². The monoisotopic (exact) mass is 212 g/mol. The van der Waals surface area contributed by atoms with Crippen LogP contribution in [0.2, 0.25) is 0 Å². The molecule has 84 valence electrons. The second kappa shape index (κ2) is 5.38. The molecule has 0 spiro atoms. The fourth-order valence-electron chi connectivity index (χ4n) is 1.04. The van der Waals surface area contributed by atoms with Crippen molar-refractivity contribution in [1.82, 2.24) is 9.97 Å². The maximum atomic E-state index is 11.3. The summed E-state index contributed by atoms with van der Waals surface area (Å²) >= 11 is 0. The van der Waals surface area contributed by atoms with Gasteiger partial charge in [0.1, 0.15) is 0 Å². The summed E-state index contributed by atoms with van der Waals surface area (Å²) in [6.07, 6.45) is 2.22. The van der Waals surface area contributed by atoms with Gasteiger partial charge in [-0.2, -0.15) is 0 Å². The van der Waals surface area contributed by atoms with Gasteiger partial charge in [-0.25, -0.2) is 4.98 Å². The highest BCUT2D eigenvalue weighted by Crippen LogP contribution is 2.17. The molecule has 15 heavy (non-hydrogen) atoms. The molecule has 0 aliphatic heterocycles. The lowest BCUT2D eigenvalue weighted by Crippen LogP contribution is -2.13. The lowest BCUT2D eigenvalue weighted by atomic mass is 10.1. The van der Waals surface area contributed by atoms with E-state index in [2.05, 4.69) is 23.8 Å². The summed E-state index contributed by atoms with van der Waals surface area (Å²) in [5.41, 5.74) is -0.327. The van der Waals surface area contributed by atoms with E-state index in [0.29, 0.717) is 12.5 Å². The number of aromatic nitrogens is 2. The zero-order valence-electron chi connectivity index (χ0n) is 9.24. The van der Waals surface area contributed by atoms with Gasteiger partial charge in [0.05, 0.1) is 20.0 Å². The number of rotatable bonds is 5. The van der Waals surface area contributed by atoms with Crippen LogP contribution in [0, 0.1) is 5.92 Å². The molecule has 5 nitrogen and oxygen atoms in total. The number of ether oxygens (including phenoxy) is 2. The average molecular weight is 212 g/mol. The minimum absolute atomic E-state index is 0.126. The minimum atomic E-state index is -0.327. The number of methoxy groups -OCH3 is 1. The molecule has 0 bridgehead atoms. The highest BCUT2D eigenvalue weighted by molar-refractivity contribution is 5.29. The predicted molar refractivity (Wildman–Crippen MR) is 56.4 cm³/mol. The highest BCUT2D eigenvalue weighted by Gasteiger charge is 2.09. The summed E-state index contributed by atoms with van der Waals surface area (Å²) in [7, 11) is 1.42. The minimum Gasteiger partial charge on any atom is -0.487 e. The molecule has 0 unspecified atom stereocenters. The Kier molecular flexibility index (Phi) is 4.15. The smallest absolute Gasteiger partial charge is 0.297 e. The van der Waals surface area contributed by atoms with Crippen LogP contribution in [0.25, 0.3) is 0 Å². The quantitative estimate of drug-likeness (QED) is 0.796. The van der Waals surface area contributed by atoms with Crippen molar-refractivity contribution in [2.75, 3.05) is 13.7 Å². The first-order valence-corrected chi connectivity index (χ1v) is 4.89. The molecule has 0 amide bonds. The van der Waals surface area contributed by atoms with E-state index in [1.165, 1.54) is 13.4 Å². The van der Waals surface area contributed by atoms with Gasteiger partial charge in [-0.15, -0.1) is 0 Å². The third-order valence-corrected chi connectivity index (χ3v) is 1.92. The number of nitrogens with one attached hydrogen (secondary N) is 1. The van der Waals surface area contributed by atoms with Crippen molar-refractivity contribution in [3.05, 3.63) is 16.7 Å². The molecule has 0 radical (unpaired) electrons. The van der Waals surface area contributed by atoms with Gasteiger partial charge in [0.15, 0.2) is 0 Å². The van der Waals surface area contributed by atoms with Crippen LogP contribution in [0.4, 0.5) is 0 Å². The fourth-order valence-corrected chi connectivity index (χ4v) is 1.04. The van der Waals surface area contributed by atoms with Crippen LogP contribution in [-0.2, 0) is 0 Å². The Bertz CT molecular complexity index is 360. The SMILES string of the molecule is COc1c(OCCC(C)C)nc[nH]c1=O. The van der Waals surface area contributed by atoms with E-state index in [4.69, 9.17) is 9.47 Å². The Morgan fingerprint density at radius 1 is 1.53 bits per heavy atom. The molecule has 5 heteroatoms. The molecule has 0 aliphatic carbocycles. The molecular formula is C10H16N2O3. The van der Waals surface area contributed by atoms with Gasteiger partial charge >= 0.3 is 0 Å². The highest BCUT2D eigenvalue weighted by atomic mass is 16.5. The van der Waals surface area contributed by atoms with Gasteiger partial charge in [0.2, 0.25) is 5.75 Å². The molecule has 0 atom stereocenters. The molecule has 1 rings (SSSR count). The second-order valence-corrected chi connectivity index (χ2v) is 3.60. The first kappa shape index (κ1) is 11.6. The molecular weight excluding hydrogens is 196 g/mol. The number of nitrogens with zero attached hydrogens (tertiary/aromatic N) is 1. The Morgan fingerprint density at radius 2 is 2.27 bits per heavy atom. The van der Waals surface area contributed by atoms with Crippen LogP contribution in [-0.4, -0.2) is 23.7 Å². The third-order valence-electron chi connectivity index (χ3n) is 1.92. The van der Waals surface area contributed by atoms with Crippen molar-refractivity contribution in [2.24, 2.45) is 5.92 Å². The molecule has 0 saturated carbocycles. The summed E-state index contributed by atoms with van der Waals surface area (Å²) in [6.45, 7) is 4.74. The molecule has 1 N–H and O–H groups in total. The Labute approximate surface area is 88.4 Å². The topological polar surface area (TPSA) is 64.2 Å². The third kappa shape index (κ3) is 3.27. The van der Waals surface area contributed by atoms with E-state index in [0.717, 1.165) is 6.42 Å². The van der Waals surface area contributed by atoms with Crippen LogP contribution in [0.5, 0.6) is 11.6 Å². The van der Waals surface area contributed by atoms with Gasteiger partial charge < -0.3 is 14.5 Å². The molecule has 0 saturated heterocycles. The van der Waals surface area contributed by atoms with Gasteiger partial charge in [-0.05, 0) is 12.3 Å². The van der Waals surface area contributed by atoms with Gasteiger partial charge in [-0.3, -0.25) is 4.79 Å². The molecule has 0 aromatic carbocycles. The molecule has 0 fully saturated rings. The number of hydrogen-bond acceptors (Lipinski definition) is 4. The average Bonchev–Trinajstić information content (AvgIpc) is 2.17. The summed E-state index contributed by atoms with van der Waals surface area (Å²) in [4.78, 5) is 17.6. The normalized spacial score (nSPS) is 10.4. The van der Waals surface area contributed by atoms with Crippen molar-refractivity contribution >= 4 is 0 Å². The fraction of sp³-hybridized carbons (Fsp3) is 0.600. The molecule has 0 aliphatic rings. The van der Waals surface area contributed by atoms with Crippen molar-refractivity contribution in [2.45, 2.75) is 20.3 Å². The molecule has 1 aromatic rings. The number of hydrogen-bond donors (Lipinski definition) is 1. The number of aromatic amines is 1. The summed E-state index contributed by atoms with van der Waals surface area (Å²) in [6, 6.07) is 0. The molecule has 1 heterocycles. The summed E-state index contributed by atoms with van der Waals surface area (Å²) < 4.78 is 10.3. The maximum absolute atomic E-state index is 11.3. The van der Waals surface area contributed by atoms with Crippen LogP contribution >= 0.6 is 0 Å². The van der Waals surface area contributed by atoms with Crippen molar-refractivity contribution in [3.8, 4) is 11.6 Å². The van der Waals surface area contributed by atoms with Crippen molar-refractivity contribution < 1.29 is 9.47 Å². The van der Waals surface area contributed by atoms with Gasteiger partial charge in [0, 0.05) is 0 Å². The lowest BCUT2D eigenvalue weighted by Gasteiger charge is -2.09. The Morgan fingerprint density at radius 3 is 2.87 bits per heavy atom. The predicted octanol–water partition coefficient (Wildman–Crippen LogP) is 1.20. The second-order valence-electron chi connectivity index (χ2n) is 3.60. The summed E-state index contributed by atoms with van der Waals surface area (Å²) in [5, 5.41) is 0. The van der Waals surface area contributed by atoms with Crippen LogP contribution in [0.3, 0.4) is 0 Å². The standard InChI is InChI=1S/C10H16N2O3/c1-7(2)4-5-15-10-8(14-3)9(13)11-6-12-10/h6-7H,4-5H2,1-3H3,(H,11,12,13). The van der Waals surface area contributed by atoms with E-state index in [1.807, 2.05) is 0 Å².